The normalized spacial score (nSPS) is 22.1. The van der Waals surface area contributed by atoms with E-state index in [1.807, 2.05) is 18.2 Å². The van der Waals surface area contributed by atoms with Crippen LogP contribution in [-0.4, -0.2) is 28.5 Å². The van der Waals surface area contributed by atoms with Crippen LogP contribution in [0.15, 0.2) is 29.4 Å². The van der Waals surface area contributed by atoms with Gasteiger partial charge in [0.1, 0.15) is 0 Å². The summed E-state index contributed by atoms with van der Waals surface area (Å²) >= 11 is 0. The molecule has 0 spiro atoms. The fourth-order valence-electron chi connectivity index (χ4n) is 2.51. The van der Waals surface area contributed by atoms with Gasteiger partial charge in [-0.3, -0.25) is 4.90 Å². The van der Waals surface area contributed by atoms with E-state index in [0.29, 0.717) is 6.04 Å². The van der Waals surface area contributed by atoms with Crippen molar-refractivity contribution >= 4 is 5.84 Å². The summed E-state index contributed by atoms with van der Waals surface area (Å²) in [6, 6.07) is 8.55. The Bertz CT molecular complexity index is 431. The second-order valence-electron chi connectivity index (χ2n) is 5.00. The Morgan fingerprint density at radius 3 is 3.06 bits per heavy atom. The minimum atomic E-state index is 0.170. The van der Waals surface area contributed by atoms with E-state index >= 15 is 0 Å². The molecular formula is C14H21N3O. The average molecular weight is 247 g/mol. The predicted octanol–water partition coefficient (Wildman–Crippen LogP) is 2.16. The number of likely N-dealkylation sites (tertiary alicyclic amines) is 1. The predicted molar refractivity (Wildman–Crippen MR) is 72.7 cm³/mol. The summed E-state index contributed by atoms with van der Waals surface area (Å²) < 4.78 is 0. The SMILES string of the molecule is CC1CCCCN1Cc1cccc(/C(N)=N/O)c1. The lowest BCUT2D eigenvalue weighted by Gasteiger charge is -2.33. The van der Waals surface area contributed by atoms with Crippen molar-refractivity contribution in [3.8, 4) is 0 Å². The van der Waals surface area contributed by atoms with Crippen molar-refractivity contribution in [2.24, 2.45) is 10.9 Å². The molecule has 4 nitrogen and oxygen atoms in total. The molecule has 1 aliphatic rings. The van der Waals surface area contributed by atoms with Gasteiger partial charge in [-0.25, -0.2) is 0 Å². The lowest BCUT2D eigenvalue weighted by Crippen LogP contribution is -2.36. The van der Waals surface area contributed by atoms with Crippen LogP contribution in [0.1, 0.15) is 37.3 Å². The van der Waals surface area contributed by atoms with Crippen molar-refractivity contribution in [3.05, 3.63) is 35.4 Å². The molecule has 1 unspecified atom stereocenters. The van der Waals surface area contributed by atoms with Crippen molar-refractivity contribution in [1.29, 1.82) is 0 Å². The zero-order valence-corrected chi connectivity index (χ0v) is 10.8. The summed E-state index contributed by atoms with van der Waals surface area (Å²) in [5.41, 5.74) is 7.60. The molecule has 1 saturated heterocycles. The van der Waals surface area contributed by atoms with Crippen LogP contribution in [0.5, 0.6) is 0 Å². The largest absolute Gasteiger partial charge is 0.409 e. The highest BCUT2D eigenvalue weighted by molar-refractivity contribution is 5.97. The van der Waals surface area contributed by atoms with Gasteiger partial charge in [-0.1, -0.05) is 29.8 Å². The first kappa shape index (κ1) is 12.9. The number of nitrogens with zero attached hydrogens (tertiary/aromatic N) is 2. The van der Waals surface area contributed by atoms with Gasteiger partial charge in [-0.2, -0.15) is 0 Å². The molecule has 18 heavy (non-hydrogen) atoms. The van der Waals surface area contributed by atoms with Crippen LogP contribution in [0, 0.1) is 0 Å². The number of oxime groups is 1. The summed E-state index contributed by atoms with van der Waals surface area (Å²) in [5.74, 6) is 0.170. The molecule has 4 heteroatoms. The van der Waals surface area contributed by atoms with Gasteiger partial charge in [0.15, 0.2) is 5.84 Å². The lowest BCUT2D eigenvalue weighted by molar-refractivity contribution is 0.152. The Morgan fingerprint density at radius 2 is 2.33 bits per heavy atom. The summed E-state index contributed by atoms with van der Waals surface area (Å²) in [7, 11) is 0. The van der Waals surface area contributed by atoms with E-state index in [1.165, 1.54) is 24.8 Å². The molecule has 1 fully saturated rings. The first-order chi connectivity index (χ1) is 8.70. The molecule has 3 N–H and O–H groups in total. The summed E-state index contributed by atoms with van der Waals surface area (Å²) in [4.78, 5) is 2.49. The van der Waals surface area contributed by atoms with Crippen LogP contribution in [0.25, 0.3) is 0 Å². The number of rotatable bonds is 3. The second kappa shape index (κ2) is 5.87. The molecule has 0 amide bonds. The quantitative estimate of drug-likeness (QED) is 0.372. The van der Waals surface area contributed by atoms with E-state index in [0.717, 1.165) is 18.7 Å². The molecule has 1 aromatic carbocycles. The van der Waals surface area contributed by atoms with Crippen LogP contribution in [0.4, 0.5) is 0 Å². The van der Waals surface area contributed by atoms with Crippen LogP contribution < -0.4 is 5.73 Å². The van der Waals surface area contributed by atoms with Crippen LogP contribution in [-0.2, 0) is 6.54 Å². The topological polar surface area (TPSA) is 61.8 Å². The number of piperidine rings is 1. The zero-order chi connectivity index (χ0) is 13.0. The van der Waals surface area contributed by atoms with Gasteiger partial charge < -0.3 is 10.9 Å². The van der Waals surface area contributed by atoms with Crippen LogP contribution in [0.2, 0.25) is 0 Å². The van der Waals surface area contributed by atoms with Gasteiger partial charge >= 0.3 is 0 Å². The fourth-order valence-corrected chi connectivity index (χ4v) is 2.51. The third-order valence-corrected chi connectivity index (χ3v) is 3.66. The molecule has 98 valence electrons. The van der Waals surface area contributed by atoms with Crippen molar-refractivity contribution in [2.75, 3.05) is 6.54 Å². The summed E-state index contributed by atoms with van der Waals surface area (Å²) in [6.45, 7) is 4.38. The van der Waals surface area contributed by atoms with E-state index in [4.69, 9.17) is 10.9 Å². The highest BCUT2D eigenvalue weighted by Crippen LogP contribution is 2.19. The van der Waals surface area contributed by atoms with Crippen molar-refractivity contribution in [1.82, 2.24) is 4.90 Å². The Labute approximate surface area is 108 Å². The molecule has 0 aliphatic carbocycles. The van der Waals surface area contributed by atoms with Gasteiger partial charge in [0.2, 0.25) is 0 Å². The van der Waals surface area contributed by atoms with Gasteiger partial charge in [0, 0.05) is 18.2 Å². The third-order valence-electron chi connectivity index (χ3n) is 3.66. The maximum atomic E-state index is 8.70. The first-order valence-electron chi connectivity index (χ1n) is 6.51. The Kier molecular flexibility index (Phi) is 4.20. The molecule has 2 rings (SSSR count). The fraction of sp³-hybridized carbons (Fsp3) is 0.500. The number of nitrogens with two attached hydrogens (primary N) is 1. The Morgan fingerprint density at radius 1 is 1.50 bits per heavy atom. The summed E-state index contributed by atoms with van der Waals surface area (Å²) in [6.07, 6.45) is 3.89. The smallest absolute Gasteiger partial charge is 0.170 e. The average Bonchev–Trinajstić information content (AvgIpc) is 2.41. The van der Waals surface area contributed by atoms with Crippen molar-refractivity contribution in [3.63, 3.8) is 0 Å². The van der Waals surface area contributed by atoms with E-state index in [2.05, 4.69) is 23.0 Å². The number of hydrogen-bond donors (Lipinski definition) is 2. The van der Waals surface area contributed by atoms with E-state index in [-0.39, 0.29) is 5.84 Å². The van der Waals surface area contributed by atoms with Crippen molar-refractivity contribution < 1.29 is 5.21 Å². The molecule has 1 atom stereocenters. The van der Waals surface area contributed by atoms with E-state index in [9.17, 15) is 0 Å². The molecule has 0 saturated carbocycles. The minimum absolute atomic E-state index is 0.170. The molecule has 0 aromatic heterocycles. The highest BCUT2D eigenvalue weighted by Gasteiger charge is 2.18. The molecule has 0 bridgehead atoms. The van der Waals surface area contributed by atoms with Gasteiger partial charge in [0.05, 0.1) is 0 Å². The maximum absolute atomic E-state index is 8.70. The number of amidine groups is 1. The van der Waals surface area contributed by atoms with Crippen molar-refractivity contribution in [2.45, 2.75) is 38.8 Å². The first-order valence-corrected chi connectivity index (χ1v) is 6.51. The maximum Gasteiger partial charge on any atom is 0.170 e. The number of benzene rings is 1. The van der Waals surface area contributed by atoms with E-state index in [1.54, 1.807) is 0 Å². The zero-order valence-electron chi connectivity index (χ0n) is 10.8. The Hall–Kier alpha value is -1.55. The Balaban J connectivity index is 2.09. The van der Waals surface area contributed by atoms with Crippen LogP contribution >= 0.6 is 0 Å². The lowest BCUT2D eigenvalue weighted by atomic mass is 10.0. The van der Waals surface area contributed by atoms with Crippen LogP contribution in [0.3, 0.4) is 0 Å². The van der Waals surface area contributed by atoms with Gasteiger partial charge in [-0.05, 0) is 37.9 Å². The van der Waals surface area contributed by atoms with Gasteiger partial charge in [0.25, 0.3) is 0 Å². The summed E-state index contributed by atoms with van der Waals surface area (Å²) in [5, 5.41) is 11.7. The minimum Gasteiger partial charge on any atom is -0.409 e. The molecule has 0 radical (unpaired) electrons. The molecule has 1 heterocycles. The standard InChI is InChI=1S/C14H21N3O/c1-11-5-2-3-8-17(11)10-12-6-4-7-13(9-12)14(15)16-18/h4,6-7,9,11,18H,2-3,5,8,10H2,1H3,(H2,15,16). The van der Waals surface area contributed by atoms with E-state index < -0.39 is 0 Å². The molecule has 1 aliphatic heterocycles. The molecular weight excluding hydrogens is 226 g/mol. The third kappa shape index (κ3) is 3.01. The monoisotopic (exact) mass is 247 g/mol. The van der Waals surface area contributed by atoms with Gasteiger partial charge in [-0.15, -0.1) is 0 Å². The highest BCUT2D eigenvalue weighted by atomic mass is 16.4. The molecule has 1 aromatic rings. The number of hydrogen-bond acceptors (Lipinski definition) is 3. The second-order valence-corrected chi connectivity index (χ2v) is 5.00.